The zero-order valence-corrected chi connectivity index (χ0v) is 10.8. The fourth-order valence-electron chi connectivity index (χ4n) is 1.41. The maximum Gasteiger partial charge on any atom is 0.320 e. The van der Waals surface area contributed by atoms with Crippen molar-refractivity contribution in [2.75, 3.05) is 27.2 Å². The van der Waals surface area contributed by atoms with Crippen LogP contribution in [0.5, 0.6) is 5.75 Å². The first-order chi connectivity index (χ1) is 8.49. The molecule has 0 fully saturated rings. The normalized spacial score (nSPS) is 12.4. The minimum absolute atomic E-state index is 0.327. The Labute approximate surface area is 107 Å². The van der Waals surface area contributed by atoms with Crippen LogP contribution >= 0.6 is 0 Å². The van der Waals surface area contributed by atoms with E-state index < -0.39 is 12.0 Å². The molecule has 3 N–H and O–H groups in total. The van der Waals surface area contributed by atoms with Crippen LogP contribution in [0.3, 0.4) is 0 Å². The Balaban J connectivity index is 2.44. The van der Waals surface area contributed by atoms with Crippen LogP contribution in [-0.4, -0.2) is 49.3 Å². The second kappa shape index (κ2) is 6.98. The number of carboxylic acids is 1. The van der Waals surface area contributed by atoms with Crippen molar-refractivity contribution >= 4 is 5.97 Å². The van der Waals surface area contributed by atoms with E-state index in [0.29, 0.717) is 13.0 Å². The molecule has 1 atom stereocenters. The number of ether oxygens (including phenoxy) is 1. The summed E-state index contributed by atoms with van der Waals surface area (Å²) in [6.07, 6.45) is 0.327. The molecule has 0 spiro atoms. The fraction of sp³-hybridized carbons (Fsp3) is 0.462. The van der Waals surface area contributed by atoms with Gasteiger partial charge in [-0.3, -0.25) is 4.79 Å². The van der Waals surface area contributed by atoms with E-state index in [1.54, 1.807) is 0 Å². The van der Waals surface area contributed by atoms with Crippen LogP contribution in [0.25, 0.3) is 0 Å². The highest BCUT2D eigenvalue weighted by Crippen LogP contribution is 2.13. The molecule has 1 unspecified atom stereocenters. The zero-order valence-electron chi connectivity index (χ0n) is 10.8. The number of benzene rings is 1. The summed E-state index contributed by atoms with van der Waals surface area (Å²) in [6.45, 7) is 1.48. The number of carbonyl (C=O) groups is 1. The summed E-state index contributed by atoms with van der Waals surface area (Å²) < 4.78 is 5.54. The molecule has 0 bridgehead atoms. The van der Waals surface area contributed by atoms with Gasteiger partial charge in [0.2, 0.25) is 0 Å². The summed E-state index contributed by atoms with van der Waals surface area (Å²) in [6, 6.07) is 6.49. The number of hydrogen-bond acceptors (Lipinski definition) is 4. The van der Waals surface area contributed by atoms with Gasteiger partial charge < -0.3 is 20.5 Å². The second-order valence-electron chi connectivity index (χ2n) is 4.44. The topological polar surface area (TPSA) is 75.8 Å². The van der Waals surface area contributed by atoms with Gasteiger partial charge in [-0.25, -0.2) is 0 Å². The number of carboxylic acid groups (broad SMARTS) is 1. The minimum Gasteiger partial charge on any atom is -0.492 e. The predicted octanol–water partition coefficient (Wildman–Crippen LogP) is 0.581. The Morgan fingerprint density at radius 1 is 1.39 bits per heavy atom. The number of rotatable bonds is 7. The van der Waals surface area contributed by atoms with Gasteiger partial charge in [-0.1, -0.05) is 12.1 Å². The van der Waals surface area contributed by atoms with E-state index in [2.05, 4.69) is 0 Å². The summed E-state index contributed by atoms with van der Waals surface area (Å²) in [5.74, 6) is -0.203. The van der Waals surface area contributed by atoms with Gasteiger partial charge >= 0.3 is 5.97 Å². The van der Waals surface area contributed by atoms with Crippen LogP contribution in [0.1, 0.15) is 5.56 Å². The van der Waals surface area contributed by atoms with Crippen LogP contribution in [0.2, 0.25) is 0 Å². The molecule has 5 nitrogen and oxygen atoms in total. The lowest BCUT2D eigenvalue weighted by molar-refractivity contribution is -0.138. The summed E-state index contributed by atoms with van der Waals surface area (Å²) in [4.78, 5) is 12.7. The van der Waals surface area contributed by atoms with Gasteiger partial charge in [0.25, 0.3) is 0 Å². The first-order valence-corrected chi connectivity index (χ1v) is 5.84. The maximum absolute atomic E-state index is 10.6. The molecule has 18 heavy (non-hydrogen) atoms. The first-order valence-electron chi connectivity index (χ1n) is 5.84. The van der Waals surface area contributed by atoms with E-state index in [9.17, 15) is 4.79 Å². The monoisotopic (exact) mass is 252 g/mol. The van der Waals surface area contributed by atoms with Crippen molar-refractivity contribution < 1.29 is 14.6 Å². The van der Waals surface area contributed by atoms with Crippen molar-refractivity contribution in [2.45, 2.75) is 12.5 Å². The molecule has 0 radical (unpaired) electrons. The molecule has 0 amide bonds. The van der Waals surface area contributed by atoms with Gasteiger partial charge in [-0.05, 0) is 38.2 Å². The molecule has 0 aliphatic heterocycles. The first kappa shape index (κ1) is 14.5. The highest BCUT2D eigenvalue weighted by Gasteiger charge is 2.11. The smallest absolute Gasteiger partial charge is 0.320 e. The highest BCUT2D eigenvalue weighted by molar-refractivity contribution is 5.73. The van der Waals surface area contributed by atoms with Gasteiger partial charge in [0.05, 0.1) is 0 Å². The standard InChI is InChI=1S/C13H20N2O3/c1-15(2)7-8-18-11-5-3-10(4-6-11)9-12(14)13(16)17/h3-6,12H,7-9,14H2,1-2H3,(H,16,17). The molecule has 0 aliphatic rings. The second-order valence-corrected chi connectivity index (χ2v) is 4.44. The van der Waals surface area contributed by atoms with E-state index in [0.717, 1.165) is 17.9 Å². The van der Waals surface area contributed by atoms with Crippen LogP contribution in [-0.2, 0) is 11.2 Å². The molecule has 1 aromatic carbocycles. The van der Waals surface area contributed by atoms with Gasteiger partial charge in [0.15, 0.2) is 0 Å². The number of likely N-dealkylation sites (N-methyl/N-ethyl adjacent to an activating group) is 1. The Kier molecular flexibility index (Phi) is 5.61. The Morgan fingerprint density at radius 3 is 2.50 bits per heavy atom. The molecule has 1 aromatic rings. The van der Waals surface area contributed by atoms with E-state index in [4.69, 9.17) is 15.6 Å². The van der Waals surface area contributed by atoms with Crippen LogP contribution in [0.15, 0.2) is 24.3 Å². The summed E-state index contributed by atoms with van der Waals surface area (Å²) in [5, 5.41) is 8.71. The Morgan fingerprint density at radius 2 is 2.00 bits per heavy atom. The largest absolute Gasteiger partial charge is 0.492 e. The highest BCUT2D eigenvalue weighted by atomic mass is 16.5. The lowest BCUT2D eigenvalue weighted by Gasteiger charge is -2.11. The third kappa shape index (κ3) is 5.16. The van der Waals surface area contributed by atoms with Crippen molar-refractivity contribution in [3.63, 3.8) is 0 Å². The number of nitrogens with two attached hydrogens (primary N) is 1. The minimum atomic E-state index is -0.985. The van der Waals surface area contributed by atoms with E-state index >= 15 is 0 Å². The molecule has 0 aromatic heterocycles. The average Bonchev–Trinajstić information content (AvgIpc) is 2.30. The Bertz CT molecular complexity index is 376. The molecule has 5 heteroatoms. The summed E-state index contributed by atoms with van der Waals surface area (Å²) in [7, 11) is 3.97. The van der Waals surface area contributed by atoms with Crippen molar-refractivity contribution in [2.24, 2.45) is 5.73 Å². The third-order valence-electron chi connectivity index (χ3n) is 2.50. The van der Waals surface area contributed by atoms with Gasteiger partial charge in [-0.15, -0.1) is 0 Å². The van der Waals surface area contributed by atoms with Crippen molar-refractivity contribution in [3.8, 4) is 5.75 Å². The third-order valence-corrected chi connectivity index (χ3v) is 2.50. The summed E-state index contributed by atoms with van der Waals surface area (Å²) >= 11 is 0. The van der Waals surface area contributed by atoms with Crippen molar-refractivity contribution in [3.05, 3.63) is 29.8 Å². The lowest BCUT2D eigenvalue weighted by atomic mass is 10.1. The molecular weight excluding hydrogens is 232 g/mol. The molecule has 100 valence electrons. The van der Waals surface area contributed by atoms with Crippen molar-refractivity contribution in [1.82, 2.24) is 4.90 Å². The zero-order chi connectivity index (χ0) is 13.5. The molecule has 1 rings (SSSR count). The fourth-order valence-corrected chi connectivity index (χ4v) is 1.41. The summed E-state index contributed by atoms with van der Waals surface area (Å²) in [5.41, 5.74) is 6.36. The molecule has 0 heterocycles. The van der Waals surface area contributed by atoms with E-state index in [-0.39, 0.29) is 0 Å². The van der Waals surface area contributed by atoms with Gasteiger partial charge in [0.1, 0.15) is 18.4 Å². The molecule has 0 saturated heterocycles. The lowest BCUT2D eigenvalue weighted by Crippen LogP contribution is -2.32. The molecule has 0 saturated carbocycles. The van der Waals surface area contributed by atoms with Crippen molar-refractivity contribution in [1.29, 1.82) is 0 Å². The van der Waals surface area contributed by atoms with Crippen LogP contribution < -0.4 is 10.5 Å². The number of hydrogen-bond donors (Lipinski definition) is 2. The van der Waals surface area contributed by atoms with E-state index in [1.807, 2.05) is 43.3 Å². The maximum atomic E-state index is 10.6. The van der Waals surface area contributed by atoms with E-state index in [1.165, 1.54) is 0 Å². The number of nitrogens with zero attached hydrogens (tertiary/aromatic N) is 1. The molecule has 0 aliphatic carbocycles. The predicted molar refractivity (Wildman–Crippen MR) is 69.8 cm³/mol. The van der Waals surface area contributed by atoms with Gasteiger partial charge in [0, 0.05) is 6.54 Å². The average molecular weight is 252 g/mol. The Hall–Kier alpha value is -1.59. The molecular formula is C13H20N2O3. The van der Waals surface area contributed by atoms with Crippen LogP contribution in [0, 0.1) is 0 Å². The van der Waals surface area contributed by atoms with Crippen LogP contribution in [0.4, 0.5) is 0 Å². The SMILES string of the molecule is CN(C)CCOc1ccc(CC(N)C(=O)O)cc1. The van der Waals surface area contributed by atoms with Gasteiger partial charge in [-0.2, -0.15) is 0 Å². The number of aliphatic carboxylic acids is 1. The quantitative estimate of drug-likeness (QED) is 0.742.